The van der Waals surface area contributed by atoms with Crippen LogP contribution >= 0.6 is 0 Å². The fourth-order valence-electron chi connectivity index (χ4n) is 3.51. The third-order valence-electron chi connectivity index (χ3n) is 4.58. The van der Waals surface area contributed by atoms with E-state index in [0.717, 1.165) is 28.4 Å². The lowest BCUT2D eigenvalue weighted by atomic mass is 10.1. The Balaban J connectivity index is 1.92. The number of aryl methyl sites for hydroxylation is 3. The van der Waals surface area contributed by atoms with Crippen LogP contribution in [0.1, 0.15) is 48.4 Å². The minimum absolute atomic E-state index is 0.539. The molecule has 1 heterocycles. The molecule has 0 spiro atoms. The quantitative estimate of drug-likeness (QED) is 0.891. The zero-order chi connectivity index (χ0) is 15.7. The highest BCUT2D eigenvalue weighted by atomic mass is 16.5. The summed E-state index contributed by atoms with van der Waals surface area (Å²) in [6, 6.07) is 4.81. The molecule has 0 radical (unpaired) electrons. The standard InChI is InChI=1S/C18H25N3O/c1-12-9-15(10-13(2)17(12)22-4)20-18-14(3)11-19-21(18)16-7-5-6-8-16/h9-11,16,20H,5-8H2,1-4H3. The van der Waals surface area contributed by atoms with Gasteiger partial charge in [0.1, 0.15) is 11.6 Å². The first kappa shape index (κ1) is 14.9. The van der Waals surface area contributed by atoms with Crippen LogP contribution in [0.4, 0.5) is 11.5 Å². The van der Waals surface area contributed by atoms with Gasteiger partial charge >= 0.3 is 0 Å². The number of anilines is 2. The van der Waals surface area contributed by atoms with Gasteiger partial charge in [0.15, 0.2) is 0 Å². The summed E-state index contributed by atoms with van der Waals surface area (Å²) in [7, 11) is 1.72. The lowest BCUT2D eigenvalue weighted by molar-refractivity contribution is 0.408. The SMILES string of the molecule is COc1c(C)cc(Nc2c(C)cnn2C2CCCC2)cc1C. The number of nitrogens with one attached hydrogen (secondary N) is 1. The van der Waals surface area contributed by atoms with Gasteiger partial charge in [-0.15, -0.1) is 0 Å². The Morgan fingerprint density at radius 3 is 2.32 bits per heavy atom. The van der Waals surface area contributed by atoms with Crippen molar-refractivity contribution in [1.82, 2.24) is 9.78 Å². The van der Waals surface area contributed by atoms with E-state index in [-0.39, 0.29) is 0 Å². The van der Waals surface area contributed by atoms with Gasteiger partial charge in [0.05, 0.1) is 19.3 Å². The van der Waals surface area contributed by atoms with E-state index in [4.69, 9.17) is 4.74 Å². The van der Waals surface area contributed by atoms with Crippen molar-refractivity contribution in [2.75, 3.05) is 12.4 Å². The van der Waals surface area contributed by atoms with Gasteiger partial charge in [0.25, 0.3) is 0 Å². The number of hydrogen-bond donors (Lipinski definition) is 1. The van der Waals surface area contributed by atoms with Crippen LogP contribution in [0.2, 0.25) is 0 Å². The molecule has 22 heavy (non-hydrogen) atoms. The van der Waals surface area contributed by atoms with Crippen LogP contribution in [0.25, 0.3) is 0 Å². The average molecular weight is 299 g/mol. The number of nitrogens with zero attached hydrogens (tertiary/aromatic N) is 2. The van der Waals surface area contributed by atoms with Crippen LogP contribution in [-0.2, 0) is 0 Å². The maximum Gasteiger partial charge on any atom is 0.131 e. The lowest BCUT2D eigenvalue weighted by Gasteiger charge is -2.18. The van der Waals surface area contributed by atoms with E-state index in [1.54, 1.807) is 7.11 Å². The summed E-state index contributed by atoms with van der Waals surface area (Å²) in [6.07, 6.45) is 7.05. The molecule has 1 fully saturated rings. The molecule has 1 N–H and O–H groups in total. The summed E-state index contributed by atoms with van der Waals surface area (Å²) in [5.41, 5.74) is 4.58. The van der Waals surface area contributed by atoms with Gasteiger partial charge in [-0.05, 0) is 56.9 Å². The van der Waals surface area contributed by atoms with Gasteiger partial charge in [0, 0.05) is 11.3 Å². The normalized spacial score (nSPS) is 15.3. The van der Waals surface area contributed by atoms with Crippen molar-refractivity contribution >= 4 is 11.5 Å². The summed E-state index contributed by atoms with van der Waals surface area (Å²) < 4.78 is 7.63. The Labute approximate surface area is 132 Å². The molecule has 1 aliphatic carbocycles. The predicted molar refractivity (Wildman–Crippen MR) is 90.2 cm³/mol. The Morgan fingerprint density at radius 2 is 1.73 bits per heavy atom. The topological polar surface area (TPSA) is 39.1 Å². The van der Waals surface area contributed by atoms with Gasteiger partial charge in [0.2, 0.25) is 0 Å². The van der Waals surface area contributed by atoms with Crippen LogP contribution in [0, 0.1) is 20.8 Å². The molecule has 4 heteroatoms. The maximum atomic E-state index is 5.45. The molecular weight excluding hydrogens is 274 g/mol. The zero-order valence-electron chi connectivity index (χ0n) is 13.9. The van der Waals surface area contributed by atoms with Crippen LogP contribution in [0.5, 0.6) is 5.75 Å². The monoisotopic (exact) mass is 299 g/mol. The van der Waals surface area contributed by atoms with Crippen molar-refractivity contribution in [3.8, 4) is 5.75 Å². The zero-order valence-corrected chi connectivity index (χ0v) is 13.9. The molecule has 0 atom stereocenters. The molecular formula is C18H25N3O. The molecule has 1 aromatic heterocycles. The lowest BCUT2D eigenvalue weighted by Crippen LogP contribution is -2.10. The minimum Gasteiger partial charge on any atom is -0.496 e. The van der Waals surface area contributed by atoms with E-state index in [9.17, 15) is 0 Å². The molecule has 1 saturated carbocycles. The second kappa shape index (κ2) is 6.03. The molecule has 2 aromatic rings. The smallest absolute Gasteiger partial charge is 0.131 e. The predicted octanol–water partition coefficient (Wildman–Crippen LogP) is 4.68. The molecule has 1 aromatic carbocycles. The van der Waals surface area contributed by atoms with Gasteiger partial charge in [-0.2, -0.15) is 5.10 Å². The molecule has 0 bridgehead atoms. The van der Waals surface area contributed by atoms with Gasteiger partial charge in [-0.25, -0.2) is 4.68 Å². The second-order valence-corrected chi connectivity index (χ2v) is 6.33. The molecule has 4 nitrogen and oxygen atoms in total. The summed E-state index contributed by atoms with van der Waals surface area (Å²) >= 11 is 0. The molecule has 3 rings (SSSR count). The fraction of sp³-hybridized carbons (Fsp3) is 0.500. The first-order valence-electron chi connectivity index (χ1n) is 8.06. The number of hydrogen-bond acceptors (Lipinski definition) is 3. The summed E-state index contributed by atoms with van der Waals surface area (Å²) in [4.78, 5) is 0. The summed E-state index contributed by atoms with van der Waals surface area (Å²) in [5, 5.41) is 8.18. The fourth-order valence-corrected chi connectivity index (χ4v) is 3.51. The summed E-state index contributed by atoms with van der Waals surface area (Å²) in [5.74, 6) is 2.09. The molecule has 118 valence electrons. The Kier molecular flexibility index (Phi) is 4.10. The van der Waals surface area contributed by atoms with Gasteiger partial charge in [-0.1, -0.05) is 12.8 Å². The number of ether oxygens (including phenoxy) is 1. The molecule has 1 aliphatic rings. The average Bonchev–Trinajstić information content (AvgIpc) is 3.10. The summed E-state index contributed by atoms with van der Waals surface area (Å²) in [6.45, 7) is 6.28. The number of benzene rings is 1. The Bertz CT molecular complexity index is 646. The van der Waals surface area contributed by atoms with E-state index in [2.05, 4.69) is 48.0 Å². The van der Waals surface area contributed by atoms with Crippen molar-refractivity contribution in [2.45, 2.75) is 52.5 Å². The molecule has 0 unspecified atom stereocenters. The first-order valence-corrected chi connectivity index (χ1v) is 8.06. The van der Waals surface area contributed by atoms with Gasteiger partial charge in [-0.3, -0.25) is 0 Å². The highest BCUT2D eigenvalue weighted by Crippen LogP contribution is 2.34. The van der Waals surface area contributed by atoms with Crippen LogP contribution in [0.3, 0.4) is 0 Å². The number of aromatic nitrogens is 2. The Hall–Kier alpha value is -1.97. The molecule has 0 aliphatic heterocycles. The number of methoxy groups -OCH3 is 1. The highest BCUT2D eigenvalue weighted by molar-refractivity contribution is 5.63. The maximum absolute atomic E-state index is 5.45. The van der Waals surface area contributed by atoms with Crippen LogP contribution in [-0.4, -0.2) is 16.9 Å². The van der Waals surface area contributed by atoms with E-state index >= 15 is 0 Å². The van der Waals surface area contributed by atoms with E-state index < -0.39 is 0 Å². The van der Waals surface area contributed by atoms with Crippen molar-refractivity contribution in [1.29, 1.82) is 0 Å². The third-order valence-corrected chi connectivity index (χ3v) is 4.58. The van der Waals surface area contributed by atoms with E-state index in [1.807, 2.05) is 6.20 Å². The minimum atomic E-state index is 0.539. The Morgan fingerprint density at radius 1 is 1.09 bits per heavy atom. The first-order chi connectivity index (χ1) is 10.6. The number of rotatable bonds is 4. The van der Waals surface area contributed by atoms with E-state index in [0.29, 0.717) is 6.04 Å². The van der Waals surface area contributed by atoms with Crippen molar-refractivity contribution in [3.05, 3.63) is 35.0 Å². The van der Waals surface area contributed by atoms with Crippen LogP contribution < -0.4 is 10.1 Å². The van der Waals surface area contributed by atoms with E-state index in [1.165, 1.54) is 31.2 Å². The van der Waals surface area contributed by atoms with Crippen LogP contribution in [0.15, 0.2) is 18.3 Å². The highest BCUT2D eigenvalue weighted by Gasteiger charge is 2.21. The van der Waals surface area contributed by atoms with Gasteiger partial charge < -0.3 is 10.1 Å². The third kappa shape index (κ3) is 2.70. The largest absolute Gasteiger partial charge is 0.496 e. The molecule has 0 saturated heterocycles. The van der Waals surface area contributed by atoms with Crippen molar-refractivity contribution in [3.63, 3.8) is 0 Å². The van der Waals surface area contributed by atoms with Crippen molar-refractivity contribution < 1.29 is 4.74 Å². The second-order valence-electron chi connectivity index (χ2n) is 6.33. The molecule has 0 amide bonds. The van der Waals surface area contributed by atoms with Crippen molar-refractivity contribution in [2.24, 2.45) is 0 Å².